The smallest absolute Gasteiger partial charge is 0.116 e. The van der Waals surface area contributed by atoms with Crippen molar-refractivity contribution in [1.29, 1.82) is 0 Å². The van der Waals surface area contributed by atoms with Gasteiger partial charge in [0.15, 0.2) is 0 Å². The molecule has 1 N–H and O–H groups in total. The molecule has 0 unspecified atom stereocenters. The highest BCUT2D eigenvalue weighted by molar-refractivity contribution is 5.74. The van der Waals surface area contributed by atoms with E-state index in [-0.39, 0.29) is 0 Å². The van der Waals surface area contributed by atoms with E-state index in [1.165, 1.54) is 5.69 Å². The lowest BCUT2D eigenvalue weighted by atomic mass is 10.1. The van der Waals surface area contributed by atoms with Gasteiger partial charge in [-0.3, -0.25) is 0 Å². The van der Waals surface area contributed by atoms with Crippen LogP contribution in [-0.2, 0) is 0 Å². The molecule has 18 heavy (non-hydrogen) atoms. The van der Waals surface area contributed by atoms with Crippen LogP contribution in [0.25, 0.3) is 11.3 Å². The molecule has 1 aliphatic rings. The van der Waals surface area contributed by atoms with Gasteiger partial charge in [0.05, 0.1) is 11.9 Å². The number of hydrogen-bond donors (Lipinski definition) is 1. The minimum absolute atomic E-state index is 0.972. The zero-order valence-electron chi connectivity index (χ0n) is 10.2. The maximum atomic E-state index is 4.31. The predicted molar refractivity (Wildman–Crippen MR) is 72.6 cm³/mol. The lowest BCUT2D eigenvalue weighted by Gasteiger charge is -2.30. The second-order valence-electron chi connectivity index (χ2n) is 4.37. The molecule has 0 bridgehead atoms. The van der Waals surface area contributed by atoms with E-state index in [0.29, 0.717) is 0 Å². The van der Waals surface area contributed by atoms with Crippen LogP contribution in [0.3, 0.4) is 0 Å². The van der Waals surface area contributed by atoms with Crippen molar-refractivity contribution < 1.29 is 0 Å². The standard InChI is InChI=1S/C14H16N4/c1-2-4-12(5-3-1)14-13(6-7-16-17-14)18-10-8-15-9-11-18/h1-7,15H,8-11H2. The third-order valence-corrected chi connectivity index (χ3v) is 3.20. The van der Waals surface area contributed by atoms with Crippen molar-refractivity contribution in [3.05, 3.63) is 42.6 Å². The van der Waals surface area contributed by atoms with E-state index < -0.39 is 0 Å². The molecular formula is C14H16N4. The zero-order chi connectivity index (χ0) is 12.2. The summed E-state index contributed by atoms with van der Waals surface area (Å²) in [4.78, 5) is 2.37. The molecule has 0 atom stereocenters. The van der Waals surface area contributed by atoms with Gasteiger partial charge in [-0.1, -0.05) is 30.3 Å². The highest BCUT2D eigenvalue weighted by Gasteiger charge is 2.15. The SMILES string of the molecule is c1ccc(-c2nnccc2N2CCNCC2)cc1. The van der Waals surface area contributed by atoms with E-state index in [9.17, 15) is 0 Å². The van der Waals surface area contributed by atoms with Crippen LogP contribution in [-0.4, -0.2) is 36.4 Å². The van der Waals surface area contributed by atoms with Gasteiger partial charge in [-0.25, -0.2) is 0 Å². The molecule has 1 aromatic carbocycles. The number of aromatic nitrogens is 2. The van der Waals surface area contributed by atoms with Gasteiger partial charge in [0.25, 0.3) is 0 Å². The molecule has 1 saturated heterocycles. The molecule has 0 spiro atoms. The van der Waals surface area contributed by atoms with Crippen molar-refractivity contribution in [2.24, 2.45) is 0 Å². The number of nitrogens with one attached hydrogen (secondary N) is 1. The van der Waals surface area contributed by atoms with E-state index in [2.05, 4.69) is 38.6 Å². The van der Waals surface area contributed by atoms with Crippen LogP contribution in [0.2, 0.25) is 0 Å². The Hall–Kier alpha value is -1.94. The molecule has 0 amide bonds. The molecule has 2 aromatic rings. The lowest BCUT2D eigenvalue weighted by Crippen LogP contribution is -2.43. The Morgan fingerprint density at radius 3 is 2.56 bits per heavy atom. The van der Waals surface area contributed by atoms with Crippen LogP contribution in [0.1, 0.15) is 0 Å². The molecule has 3 rings (SSSR count). The molecule has 0 saturated carbocycles. The van der Waals surface area contributed by atoms with Crippen LogP contribution >= 0.6 is 0 Å². The number of nitrogens with zero attached hydrogens (tertiary/aromatic N) is 3. The van der Waals surface area contributed by atoms with Crippen molar-refractivity contribution in [2.75, 3.05) is 31.1 Å². The Labute approximate surface area is 107 Å². The fourth-order valence-corrected chi connectivity index (χ4v) is 2.29. The number of rotatable bonds is 2. The van der Waals surface area contributed by atoms with Crippen molar-refractivity contribution in [1.82, 2.24) is 15.5 Å². The molecule has 92 valence electrons. The summed E-state index contributed by atoms with van der Waals surface area (Å²) in [6.07, 6.45) is 1.77. The van der Waals surface area contributed by atoms with Gasteiger partial charge < -0.3 is 10.2 Å². The Kier molecular flexibility index (Phi) is 3.19. The van der Waals surface area contributed by atoms with Crippen LogP contribution < -0.4 is 10.2 Å². The van der Waals surface area contributed by atoms with E-state index in [4.69, 9.17) is 0 Å². The van der Waals surface area contributed by atoms with Gasteiger partial charge in [0, 0.05) is 31.7 Å². The lowest BCUT2D eigenvalue weighted by molar-refractivity contribution is 0.588. The van der Waals surface area contributed by atoms with E-state index in [1.54, 1.807) is 6.20 Å². The molecule has 4 heteroatoms. The highest BCUT2D eigenvalue weighted by Crippen LogP contribution is 2.27. The molecule has 1 aromatic heterocycles. The largest absolute Gasteiger partial charge is 0.367 e. The number of benzene rings is 1. The Balaban J connectivity index is 1.99. The van der Waals surface area contributed by atoms with Gasteiger partial charge in [0.2, 0.25) is 0 Å². The number of piperazine rings is 1. The molecular weight excluding hydrogens is 224 g/mol. The van der Waals surface area contributed by atoms with E-state index >= 15 is 0 Å². The quantitative estimate of drug-likeness (QED) is 0.864. The van der Waals surface area contributed by atoms with Crippen LogP contribution in [0.5, 0.6) is 0 Å². The summed E-state index contributed by atoms with van der Waals surface area (Å²) >= 11 is 0. The minimum atomic E-state index is 0.972. The molecule has 1 aliphatic heterocycles. The number of hydrogen-bond acceptors (Lipinski definition) is 4. The van der Waals surface area contributed by atoms with E-state index in [1.807, 2.05) is 18.2 Å². The topological polar surface area (TPSA) is 41.1 Å². The van der Waals surface area contributed by atoms with Gasteiger partial charge in [-0.15, -0.1) is 5.10 Å². The average Bonchev–Trinajstić information content (AvgIpc) is 2.49. The first-order valence-electron chi connectivity index (χ1n) is 6.28. The summed E-state index contributed by atoms with van der Waals surface area (Å²) in [6, 6.07) is 12.3. The van der Waals surface area contributed by atoms with Crippen LogP contribution in [0, 0.1) is 0 Å². The minimum Gasteiger partial charge on any atom is -0.367 e. The van der Waals surface area contributed by atoms with Gasteiger partial charge >= 0.3 is 0 Å². The zero-order valence-corrected chi connectivity index (χ0v) is 10.2. The van der Waals surface area contributed by atoms with Gasteiger partial charge in [-0.2, -0.15) is 5.10 Å². The van der Waals surface area contributed by atoms with Crippen molar-refractivity contribution in [3.8, 4) is 11.3 Å². The monoisotopic (exact) mass is 240 g/mol. The second kappa shape index (κ2) is 5.14. The first-order valence-corrected chi connectivity index (χ1v) is 6.28. The summed E-state index contributed by atoms with van der Waals surface area (Å²) in [5.74, 6) is 0. The third-order valence-electron chi connectivity index (χ3n) is 3.20. The predicted octanol–water partition coefficient (Wildman–Crippen LogP) is 1.55. The molecule has 1 fully saturated rings. The molecule has 2 heterocycles. The Morgan fingerprint density at radius 1 is 1.00 bits per heavy atom. The third kappa shape index (κ3) is 2.19. The molecule has 0 radical (unpaired) electrons. The summed E-state index contributed by atoms with van der Waals surface area (Å²) in [6.45, 7) is 4.09. The first-order chi connectivity index (χ1) is 8.95. The maximum Gasteiger partial charge on any atom is 0.116 e. The van der Waals surface area contributed by atoms with E-state index in [0.717, 1.165) is 37.4 Å². The van der Waals surface area contributed by atoms with Crippen molar-refractivity contribution in [3.63, 3.8) is 0 Å². The number of anilines is 1. The summed E-state index contributed by atoms with van der Waals surface area (Å²) in [5, 5.41) is 11.7. The summed E-state index contributed by atoms with van der Waals surface area (Å²) < 4.78 is 0. The fourth-order valence-electron chi connectivity index (χ4n) is 2.29. The van der Waals surface area contributed by atoms with Crippen LogP contribution in [0.4, 0.5) is 5.69 Å². The molecule has 0 aliphatic carbocycles. The van der Waals surface area contributed by atoms with Crippen molar-refractivity contribution >= 4 is 5.69 Å². The van der Waals surface area contributed by atoms with Gasteiger partial charge in [0.1, 0.15) is 5.69 Å². The van der Waals surface area contributed by atoms with Crippen LogP contribution in [0.15, 0.2) is 42.6 Å². The van der Waals surface area contributed by atoms with Crippen molar-refractivity contribution in [2.45, 2.75) is 0 Å². The average molecular weight is 240 g/mol. The second-order valence-corrected chi connectivity index (χ2v) is 4.37. The first kappa shape index (κ1) is 11.2. The highest BCUT2D eigenvalue weighted by atomic mass is 15.2. The summed E-state index contributed by atoms with van der Waals surface area (Å²) in [5.41, 5.74) is 3.27. The molecule has 4 nitrogen and oxygen atoms in total. The normalized spacial score (nSPS) is 15.7. The van der Waals surface area contributed by atoms with Gasteiger partial charge in [-0.05, 0) is 6.07 Å². The maximum absolute atomic E-state index is 4.31. The fraction of sp³-hybridized carbons (Fsp3) is 0.286. The summed E-state index contributed by atoms with van der Waals surface area (Å²) in [7, 11) is 0. The Morgan fingerprint density at radius 2 is 1.78 bits per heavy atom. The Bertz CT molecular complexity index is 506.